The van der Waals surface area contributed by atoms with Gasteiger partial charge in [0.15, 0.2) is 5.76 Å². The summed E-state index contributed by atoms with van der Waals surface area (Å²) in [5, 5.41) is 9.29. The van der Waals surface area contributed by atoms with Crippen molar-refractivity contribution < 1.29 is 19.1 Å². The fourth-order valence-electron chi connectivity index (χ4n) is 2.46. The standard InChI is InChI=1S/C14H19NO4S/c1-20-9-10-6-7-12(19-10)13(16)15-8-4-2-3-5-11(15)14(17)18/h6-7,11H,2-5,8-9H2,1H3,(H,17,18). The molecule has 1 atom stereocenters. The molecule has 6 heteroatoms. The summed E-state index contributed by atoms with van der Waals surface area (Å²) in [6.07, 6.45) is 5.12. The van der Waals surface area contributed by atoms with E-state index in [0.717, 1.165) is 25.0 Å². The summed E-state index contributed by atoms with van der Waals surface area (Å²) in [7, 11) is 0. The summed E-state index contributed by atoms with van der Waals surface area (Å²) in [5.41, 5.74) is 0. The third-order valence-corrected chi connectivity index (χ3v) is 4.03. The molecule has 1 aromatic heterocycles. The SMILES string of the molecule is CSCc1ccc(C(=O)N2CCCCCC2C(=O)O)o1. The van der Waals surface area contributed by atoms with Gasteiger partial charge in [0, 0.05) is 6.54 Å². The maximum atomic E-state index is 12.4. The Labute approximate surface area is 122 Å². The maximum Gasteiger partial charge on any atom is 0.326 e. The Morgan fingerprint density at radius 2 is 2.20 bits per heavy atom. The second-order valence-electron chi connectivity index (χ2n) is 4.90. The average Bonchev–Trinajstić information content (AvgIpc) is 2.74. The van der Waals surface area contributed by atoms with Gasteiger partial charge in [-0.25, -0.2) is 4.79 Å². The zero-order valence-corrected chi connectivity index (χ0v) is 12.3. The number of carboxylic acids is 1. The van der Waals surface area contributed by atoms with Crippen molar-refractivity contribution in [1.82, 2.24) is 4.90 Å². The predicted octanol–water partition coefficient (Wildman–Crippen LogP) is 2.61. The normalized spacial score (nSPS) is 19.6. The van der Waals surface area contributed by atoms with E-state index in [1.807, 2.05) is 6.26 Å². The molecular weight excluding hydrogens is 278 g/mol. The first-order chi connectivity index (χ1) is 9.63. The average molecular weight is 297 g/mol. The number of hydrogen-bond donors (Lipinski definition) is 1. The number of carbonyl (C=O) groups is 2. The summed E-state index contributed by atoms with van der Waals surface area (Å²) < 4.78 is 5.50. The van der Waals surface area contributed by atoms with Crippen LogP contribution in [0.25, 0.3) is 0 Å². The highest BCUT2D eigenvalue weighted by Gasteiger charge is 2.32. The third kappa shape index (κ3) is 3.36. The number of aliphatic carboxylic acids is 1. The summed E-state index contributed by atoms with van der Waals surface area (Å²) in [6, 6.07) is 2.67. The topological polar surface area (TPSA) is 70.8 Å². The Kier molecular flexibility index (Phi) is 5.11. The van der Waals surface area contributed by atoms with E-state index in [9.17, 15) is 14.7 Å². The van der Waals surface area contributed by atoms with E-state index >= 15 is 0 Å². The Balaban J connectivity index is 2.17. The molecule has 0 saturated carbocycles. The maximum absolute atomic E-state index is 12.4. The van der Waals surface area contributed by atoms with E-state index in [-0.39, 0.29) is 11.7 Å². The highest BCUT2D eigenvalue weighted by molar-refractivity contribution is 7.97. The fraction of sp³-hybridized carbons (Fsp3) is 0.571. The van der Waals surface area contributed by atoms with E-state index in [0.29, 0.717) is 18.7 Å². The quantitative estimate of drug-likeness (QED) is 0.925. The van der Waals surface area contributed by atoms with Crippen LogP contribution in [0.5, 0.6) is 0 Å². The predicted molar refractivity (Wildman–Crippen MR) is 76.9 cm³/mol. The van der Waals surface area contributed by atoms with Gasteiger partial charge in [0.2, 0.25) is 0 Å². The van der Waals surface area contributed by atoms with Crippen molar-refractivity contribution in [2.75, 3.05) is 12.8 Å². The number of carbonyl (C=O) groups excluding carboxylic acids is 1. The number of likely N-dealkylation sites (tertiary alicyclic amines) is 1. The van der Waals surface area contributed by atoms with Gasteiger partial charge in [-0.2, -0.15) is 11.8 Å². The second-order valence-corrected chi connectivity index (χ2v) is 5.77. The van der Waals surface area contributed by atoms with Crippen LogP contribution in [0.2, 0.25) is 0 Å². The van der Waals surface area contributed by atoms with Crippen molar-refractivity contribution >= 4 is 23.6 Å². The van der Waals surface area contributed by atoms with Gasteiger partial charge in [-0.1, -0.05) is 12.8 Å². The van der Waals surface area contributed by atoms with Gasteiger partial charge < -0.3 is 14.4 Å². The van der Waals surface area contributed by atoms with Gasteiger partial charge >= 0.3 is 5.97 Å². The molecule has 1 aliphatic heterocycles. The lowest BCUT2D eigenvalue weighted by Crippen LogP contribution is -2.44. The van der Waals surface area contributed by atoms with Crippen molar-refractivity contribution in [3.05, 3.63) is 23.7 Å². The molecule has 1 aromatic rings. The van der Waals surface area contributed by atoms with E-state index in [1.54, 1.807) is 23.9 Å². The van der Waals surface area contributed by atoms with Crippen molar-refractivity contribution in [3.8, 4) is 0 Å². The largest absolute Gasteiger partial charge is 0.480 e. The summed E-state index contributed by atoms with van der Waals surface area (Å²) >= 11 is 1.61. The van der Waals surface area contributed by atoms with Gasteiger partial charge in [-0.15, -0.1) is 0 Å². The number of thioether (sulfide) groups is 1. The first-order valence-corrected chi connectivity index (χ1v) is 8.14. The van der Waals surface area contributed by atoms with Crippen molar-refractivity contribution in [2.45, 2.75) is 37.5 Å². The lowest BCUT2D eigenvalue weighted by Gasteiger charge is -2.25. The number of rotatable bonds is 4. The molecule has 110 valence electrons. The van der Waals surface area contributed by atoms with E-state index < -0.39 is 12.0 Å². The van der Waals surface area contributed by atoms with Crippen LogP contribution in [-0.2, 0) is 10.5 Å². The number of nitrogens with zero attached hydrogens (tertiary/aromatic N) is 1. The van der Waals surface area contributed by atoms with Gasteiger partial charge in [0.05, 0.1) is 5.75 Å². The Bertz CT molecular complexity index is 485. The molecule has 0 bridgehead atoms. The molecule has 0 aliphatic carbocycles. The monoisotopic (exact) mass is 297 g/mol. The van der Waals surface area contributed by atoms with Crippen LogP contribution in [0.15, 0.2) is 16.5 Å². The molecule has 2 rings (SSSR count). The molecule has 2 heterocycles. The number of hydrogen-bond acceptors (Lipinski definition) is 4. The van der Waals surface area contributed by atoms with Gasteiger partial charge in [-0.3, -0.25) is 4.79 Å². The molecule has 0 aromatic carbocycles. The number of furan rings is 1. The zero-order valence-electron chi connectivity index (χ0n) is 11.5. The van der Waals surface area contributed by atoms with E-state index in [1.165, 1.54) is 4.90 Å². The fourth-order valence-corrected chi connectivity index (χ4v) is 2.90. The Hall–Kier alpha value is -1.43. The molecule has 1 N–H and O–H groups in total. The van der Waals surface area contributed by atoms with Crippen LogP contribution in [0.3, 0.4) is 0 Å². The number of carboxylic acid groups (broad SMARTS) is 1. The summed E-state index contributed by atoms with van der Waals surface area (Å²) in [6.45, 7) is 0.481. The minimum Gasteiger partial charge on any atom is -0.480 e. The molecule has 0 spiro atoms. The van der Waals surface area contributed by atoms with Crippen LogP contribution in [0.1, 0.15) is 42.0 Å². The molecule has 1 fully saturated rings. The lowest BCUT2D eigenvalue weighted by molar-refractivity contribution is -0.142. The van der Waals surface area contributed by atoms with Crippen molar-refractivity contribution in [1.29, 1.82) is 0 Å². The van der Waals surface area contributed by atoms with E-state index in [2.05, 4.69) is 0 Å². The molecule has 0 radical (unpaired) electrons. The summed E-state index contributed by atoms with van der Waals surface area (Å²) in [4.78, 5) is 25.2. The molecule has 20 heavy (non-hydrogen) atoms. The van der Waals surface area contributed by atoms with Crippen LogP contribution in [0, 0.1) is 0 Å². The minimum atomic E-state index is -0.934. The van der Waals surface area contributed by atoms with Crippen LogP contribution in [0.4, 0.5) is 0 Å². The van der Waals surface area contributed by atoms with Crippen LogP contribution in [-0.4, -0.2) is 40.7 Å². The van der Waals surface area contributed by atoms with Gasteiger partial charge in [0.1, 0.15) is 11.8 Å². The first-order valence-electron chi connectivity index (χ1n) is 6.75. The summed E-state index contributed by atoms with van der Waals surface area (Å²) in [5.74, 6) is 0.433. The van der Waals surface area contributed by atoms with Crippen molar-refractivity contribution in [3.63, 3.8) is 0 Å². The Morgan fingerprint density at radius 1 is 1.40 bits per heavy atom. The zero-order chi connectivity index (χ0) is 14.5. The van der Waals surface area contributed by atoms with Crippen LogP contribution < -0.4 is 0 Å². The molecule has 1 saturated heterocycles. The molecular formula is C14H19NO4S. The minimum absolute atomic E-state index is 0.238. The molecule has 1 unspecified atom stereocenters. The first kappa shape index (κ1) is 15.0. The second kappa shape index (κ2) is 6.83. The van der Waals surface area contributed by atoms with Gasteiger partial charge in [0.25, 0.3) is 5.91 Å². The molecule has 5 nitrogen and oxygen atoms in total. The lowest BCUT2D eigenvalue weighted by atomic mass is 10.1. The third-order valence-electron chi connectivity index (χ3n) is 3.46. The smallest absolute Gasteiger partial charge is 0.326 e. The Morgan fingerprint density at radius 3 is 2.90 bits per heavy atom. The highest BCUT2D eigenvalue weighted by Crippen LogP contribution is 2.21. The van der Waals surface area contributed by atoms with E-state index in [4.69, 9.17) is 4.42 Å². The highest BCUT2D eigenvalue weighted by atomic mass is 32.2. The molecule has 1 amide bonds. The number of amides is 1. The molecule has 1 aliphatic rings. The van der Waals surface area contributed by atoms with Crippen LogP contribution >= 0.6 is 11.8 Å². The van der Waals surface area contributed by atoms with Crippen molar-refractivity contribution in [2.24, 2.45) is 0 Å². The van der Waals surface area contributed by atoms with Gasteiger partial charge in [-0.05, 0) is 31.2 Å².